The fourth-order valence-electron chi connectivity index (χ4n) is 1.75. The highest BCUT2D eigenvalue weighted by Gasteiger charge is 2.17. The van der Waals surface area contributed by atoms with E-state index in [4.69, 9.17) is 16.7 Å². The molecule has 0 amide bonds. The van der Waals surface area contributed by atoms with Crippen LogP contribution in [0.4, 0.5) is 4.39 Å². The number of halogens is 2. The molecule has 0 saturated carbocycles. The van der Waals surface area contributed by atoms with Crippen LogP contribution in [0.1, 0.15) is 36.0 Å². The molecule has 0 radical (unpaired) electrons. The summed E-state index contributed by atoms with van der Waals surface area (Å²) in [6, 6.07) is 1.38. The third-order valence-electron chi connectivity index (χ3n) is 2.74. The monoisotopic (exact) mass is 244 g/mol. The summed E-state index contributed by atoms with van der Waals surface area (Å²) in [6.07, 6.45) is -0.0281. The quantitative estimate of drug-likeness (QED) is 0.881. The summed E-state index contributed by atoms with van der Waals surface area (Å²) in [5.41, 5.74) is 1.83. The van der Waals surface area contributed by atoms with Gasteiger partial charge in [-0.25, -0.2) is 4.39 Å². The molecule has 0 heterocycles. The first kappa shape index (κ1) is 13.0. The van der Waals surface area contributed by atoms with Crippen molar-refractivity contribution in [3.8, 4) is 0 Å². The van der Waals surface area contributed by atoms with Crippen LogP contribution in [0.25, 0.3) is 0 Å². The standard InChI is InChI=1S/C12H14ClFO2/c1-6(4-11(15)16)9-5-10(14)8(3)12(13)7(9)2/h5-6H,4H2,1-3H3,(H,15,16). The summed E-state index contributed by atoms with van der Waals surface area (Å²) in [4.78, 5) is 10.6. The molecule has 16 heavy (non-hydrogen) atoms. The van der Waals surface area contributed by atoms with E-state index in [1.165, 1.54) is 6.07 Å². The lowest BCUT2D eigenvalue weighted by atomic mass is 9.92. The lowest BCUT2D eigenvalue weighted by molar-refractivity contribution is -0.137. The maximum atomic E-state index is 13.5. The number of rotatable bonds is 3. The van der Waals surface area contributed by atoms with Crippen LogP contribution in [-0.2, 0) is 4.79 Å². The van der Waals surface area contributed by atoms with Gasteiger partial charge in [0.2, 0.25) is 0 Å². The van der Waals surface area contributed by atoms with Crippen LogP contribution < -0.4 is 0 Å². The van der Waals surface area contributed by atoms with Gasteiger partial charge in [-0.15, -0.1) is 0 Å². The molecular weight excluding hydrogens is 231 g/mol. The van der Waals surface area contributed by atoms with Gasteiger partial charge in [0.1, 0.15) is 5.82 Å². The molecule has 0 spiro atoms. The number of carbonyl (C=O) groups is 1. The van der Waals surface area contributed by atoms with Gasteiger partial charge in [0.15, 0.2) is 0 Å². The first-order chi connectivity index (χ1) is 7.34. The first-order valence-electron chi connectivity index (χ1n) is 5.01. The van der Waals surface area contributed by atoms with E-state index in [0.717, 1.165) is 5.56 Å². The second-order valence-electron chi connectivity index (χ2n) is 4.01. The van der Waals surface area contributed by atoms with Crippen LogP contribution in [0.3, 0.4) is 0 Å². The molecule has 0 aliphatic carbocycles. The fourth-order valence-corrected chi connectivity index (χ4v) is 1.95. The Morgan fingerprint density at radius 2 is 2.06 bits per heavy atom. The average Bonchev–Trinajstić information content (AvgIpc) is 2.19. The second-order valence-corrected chi connectivity index (χ2v) is 4.39. The highest BCUT2D eigenvalue weighted by atomic mass is 35.5. The topological polar surface area (TPSA) is 37.3 Å². The summed E-state index contributed by atoms with van der Waals surface area (Å²) >= 11 is 5.98. The van der Waals surface area contributed by atoms with Crippen LogP contribution in [0.2, 0.25) is 5.02 Å². The largest absolute Gasteiger partial charge is 0.481 e. The Morgan fingerprint density at radius 1 is 1.50 bits per heavy atom. The molecule has 1 N–H and O–H groups in total. The minimum Gasteiger partial charge on any atom is -0.481 e. The van der Waals surface area contributed by atoms with E-state index in [0.29, 0.717) is 16.1 Å². The van der Waals surface area contributed by atoms with Crippen molar-refractivity contribution in [2.45, 2.75) is 33.1 Å². The molecule has 0 fully saturated rings. The van der Waals surface area contributed by atoms with Crippen molar-refractivity contribution in [2.24, 2.45) is 0 Å². The number of hydrogen-bond acceptors (Lipinski definition) is 1. The van der Waals surface area contributed by atoms with E-state index in [9.17, 15) is 9.18 Å². The van der Waals surface area contributed by atoms with Gasteiger partial charge in [0.25, 0.3) is 0 Å². The van der Waals surface area contributed by atoms with E-state index in [1.54, 1.807) is 20.8 Å². The van der Waals surface area contributed by atoms with Crippen LogP contribution in [0, 0.1) is 19.7 Å². The van der Waals surface area contributed by atoms with Crippen molar-refractivity contribution in [1.82, 2.24) is 0 Å². The molecule has 0 bridgehead atoms. The molecule has 1 aromatic carbocycles. The van der Waals surface area contributed by atoms with E-state index in [2.05, 4.69) is 0 Å². The smallest absolute Gasteiger partial charge is 0.303 e. The zero-order valence-electron chi connectivity index (χ0n) is 9.47. The Balaban J connectivity index is 3.19. The van der Waals surface area contributed by atoms with Gasteiger partial charge in [-0.2, -0.15) is 0 Å². The SMILES string of the molecule is Cc1c(F)cc(C(C)CC(=O)O)c(C)c1Cl. The maximum absolute atomic E-state index is 13.5. The third kappa shape index (κ3) is 2.53. The van der Waals surface area contributed by atoms with Gasteiger partial charge in [-0.05, 0) is 37.0 Å². The van der Waals surface area contributed by atoms with E-state index in [-0.39, 0.29) is 18.2 Å². The Morgan fingerprint density at radius 3 is 2.56 bits per heavy atom. The summed E-state index contributed by atoms with van der Waals surface area (Å²) < 4.78 is 13.5. The van der Waals surface area contributed by atoms with Crippen molar-refractivity contribution >= 4 is 17.6 Å². The van der Waals surface area contributed by atoms with Gasteiger partial charge in [-0.1, -0.05) is 18.5 Å². The van der Waals surface area contributed by atoms with E-state index >= 15 is 0 Å². The van der Waals surface area contributed by atoms with Gasteiger partial charge in [0, 0.05) is 10.6 Å². The zero-order chi connectivity index (χ0) is 12.5. The molecule has 0 aliphatic heterocycles. The van der Waals surface area contributed by atoms with Crippen molar-refractivity contribution in [3.63, 3.8) is 0 Å². The lowest BCUT2D eigenvalue weighted by Gasteiger charge is -2.15. The summed E-state index contributed by atoms with van der Waals surface area (Å²) in [5.74, 6) is -1.53. The number of carboxylic acid groups (broad SMARTS) is 1. The molecule has 1 atom stereocenters. The highest BCUT2D eigenvalue weighted by Crippen LogP contribution is 2.31. The van der Waals surface area contributed by atoms with Crippen molar-refractivity contribution in [2.75, 3.05) is 0 Å². The van der Waals surface area contributed by atoms with Crippen LogP contribution in [0.15, 0.2) is 6.07 Å². The van der Waals surface area contributed by atoms with Crippen molar-refractivity contribution in [3.05, 3.63) is 33.6 Å². The Kier molecular flexibility index (Phi) is 3.92. The normalized spacial score (nSPS) is 12.6. The number of aliphatic carboxylic acids is 1. The van der Waals surface area contributed by atoms with Crippen molar-refractivity contribution in [1.29, 1.82) is 0 Å². The maximum Gasteiger partial charge on any atom is 0.303 e. The molecule has 0 aromatic heterocycles. The first-order valence-corrected chi connectivity index (χ1v) is 5.39. The van der Waals surface area contributed by atoms with Gasteiger partial charge < -0.3 is 5.11 Å². The minimum absolute atomic E-state index is 0.0281. The predicted octanol–water partition coefficient (Wildman–Crippen LogP) is 3.67. The fraction of sp³-hybridized carbons (Fsp3) is 0.417. The molecular formula is C12H14ClFO2. The highest BCUT2D eigenvalue weighted by molar-refractivity contribution is 6.32. The third-order valence-corrected chi connectivity index (χ3v) is 3.31. The number of benzene rings is 1. The Bertz CT molecular complexity index is 430. The predicted molar refractivity (Wildman–Crippen MR) is 61.6 cm³/mol. The van der Waals surface area contributed by atoms with Gasteiger partial charge in [-0.3, -0.25) is 4.79 Å². The molecule has 1 aromatic rings. The second kappa shape index (κ2) is 4.83. The van der Waals surface area contributed by atoms with Crippen LogP contribution in [-0.4, -0.2) is 11.1 Å². The average molecular weight is 245 g/mol. The van der Waals surface area contributed by atoms with Crippen molar-refractivity contribution < 1.29 is 14.3 Å². The minimum atomic E-state index is -0.899. The lowest BCUT2D eigenvalue weighted by Crippen LogP contribution is -2.06. The van der Waals surface area contributed by atoms with E-state index < -0.39 is 5.97 Å². The van der Waals surface area contributed by atoms with Gasteiger partial charge in [0.05, 0.1) is 6.42 Å². The molecule has 0 aliphatic rings. The van der Waals surface area contributed by atoms with Gasteiger partial charge >= 0.3 is 5.97 Å². The number of carboxylic acids is 1. The summed E-state index contributed by atoms with van der Waals surface area (Å²) in [6.45, 7) is 5.14. The zero-order valence-corrected chi connectivity index (χ0v) is 10.2. The number of hydrogen-bond donors (Lipinski definition) is 1. The Hall–Kier alpha value is -1.09. The van der Waals surface area contributed by atoms with Crippen LogP contribution >= 0.6 is 11.6 Å². The molecule has 4 heteroatoms. The molecule has 88 valence electrons. The molecule has 1 rings (SSSR count). The molecule has 2 nitrogen and oxygen atoms in total. The Labute approximate surface area is 99.0 Å². The summed E-state index contributed by atoms with van der Waals surface area (Å²) in [7, 11) is 0. The van der Waals surface area contributed by atoms with Crippen LogP contribution in [0.5, 0.6) is 0 Å². The summed E-state index contributed by atoms with van der Waals surface area (Å²) in [5, 5.41) is 9.08. The molecule has 0 saturated heterocycles. The molecule has 1 unspecified atom stereocenters. The van der Waals surface area contributed by atoms with E-state index in [1.807, 2.05) is 0 Å².